The summed E-state index contributed by atoms with van der Waals surface area (Å²) in [6.45, 7) is 4.57. The number of aromatic nitrogens is 1. The van der Waals surface area contributed by atoms with Crippen LogP contribution in [0.15, 0.2) is 27.9 Å². The van der Waals surface area contributed by atoms with Crippen molar-refractivity contribution in [2.75, 3.05) is 33.2 Å². The number of halogens is 3. The Bertz CT molecular complexity index is 765. The van der Waals surface area contributed by atoms with Gasteiger partial charge in [0, 0.05) is 43.4 Å². The molecule has 0 atom stereocenters. The molecule has 0 saturated carbocycles. The van der Waals surface area contributed by atoms with Crippen LogP contribution in [0.5, 0.6) is 0 Å². The summed E-state index contributed by atoms with van der Waals surface area (Å²) < 4.78 is 37.8. The zero-order chi connectivity index (χ0) is 20.7. The van der Waals surface area contributed by atoms with Crippen molar-refractivity contribution in [1.82, 2.24) is 20.5 Å². The Kier molecular flexibility index (Phi) is 7.91. The number of nitrogens with zero attached hydrogens (tertiary/aromatic N) is 3. The topological polar surface area (TPSA) is 52.6 Å². The third-order valence-electron chi connectivity index (χ3n) is 4.92. The van der Waals surface area contributed by atoms with Crippen molar-refractivity contribution in [3.05, 3.63) is 38.5 Å². The van der Waals surface area contributed by atoms with Gasteiger partial charge in [0.15, 0.2) is 11.7 Å². The second-order valence-corrected chi connectivity index (χ2v) is 9.03. The molecule has 0 aromatic carbocycles. The number of aliphatic imine (C=N–C) groups is 1. The average Bonchev–Trinajstić information content (AvgIpc) is 3.37. The SMILES string of the molecule is CN=C(NCCc1nc(C(F)(F)F)cs1)NCC1CCN(Cc2cccs2)CC1. The highest BCUT2D eigenvalue weighted by Crippen LogP contribution is 2.30. The molecule has 2 N–H and O–H groups in total. The first-order valence-corrected chi connectivity index (χ1v) is 11.4. The first-order chi connectivity index (χ1) is 13.9. The number of thiazole rings is 1. The zero-order valence-electron chi connectivity index (χ0n) is 16.3. The minimum absolute atomic E-state index is 0.433. The minimum atomic E-state index is -4.38. The number of guanidine groups is 1. The third-order valence-corrected chi connectivity index (χ3v) is 6.69. The van der Waals surface area contributed by atoms with Crippen molar-refractivity contribution in [3.8, 4) is 0 Å². The molecule has 5 nitrogen and oxygen atoms in total. The number of likely N-dealkylation sites (tertiary alicyclic amines) is 1. The average molecular weight is 446 g/mol. The summed E-state index contributed by atoms with van der Waals surface area (Å²) >= 11 is 2.84. The molecule has 0 bridgehead atoms. The molecule has 3 rings (SSSR count). The maximum absolute atomic E-state index is 12.6. The van der Waals surface area contributed by atoms with E-state index in [9.17, 15) is 13.2 Å². The minimum Gasteiger partial charge on any atom is -0.356 e. The standard InChI is InChI=1S/C19H26F3N5S2/c1-23-18(24-7-4-17-26-16(13-29-17)19(20,21)22)25-11-14-5-8-27(9-6-14)12-15-3-2-10-28-15/h2-3,10,13-14H,4-9,11-12H2,1H3,(H2,23,24,25). The number of hydrogen-bond donors (Lipinski definition) is 2. The molecule has 1 fully saturated rings. The molecule has 2 aromatic heterocycles. The molecule has 160 valence electrons. The maximum atomic E-state index is 12.6. The molecule has 2 aromatic rings. The van der Waals surface area contributed by atoms with E-state index < -0.39 is 11.9 Å². The lowest BCUT2D eigenvalue weighted by molar-refractivity contribution is -0.140. The first-order valence-electron chi connectivity index (χ1n) is 9.65. The third kappa shape index (κ3) is 6.97. The van der Waals surface area contributed by atoms with Gasteiger partial charge in [0.1, 0.15) is 0 Å². The van der Waals surface area contributed by atoms with Crippen LogP contribution in [0.25, 0.3) is 0 Å². The van der Waals surface area contributed by atoms with Crippen LogP contribution in [-0.4, -0.2) is 49.1 Å². The fourth-order valence-electron chi connectivity index (χ4n) is 3.28. The zero-order valence-corrected chi connectivity index (χ0v) is 18.0. The molecule has 0 spiro atoms. The van der Waals surface area contributed by atoms with E-state index in [0.29, 0.717) is 29.9 Å². The molecule has 0 aliphatic carbocycles. The van der Waals surface area contributed by atoms with Crippen molar-refractivity contribution in [1.29, 1.82) is 0 Å². The molecule has 10 heteroatoms. The van der Waals surface area contributed by atoms with Crippen LogP contribution in [0, 0.1) is 5.92 Å². The van der Waals surface area contributed by atoms with Gasteiger partial charge in [0.05, 0.1) is 5.01 Å². The van der Waals surface area contributed by atoms with E-state index in [1.807, 2.05) is 0 Å². The van der Waals surface area contributed by atoms with Crippen molar-refractivity contribution < 1.29 is 13.2 Å². The second kappa shape index (κ2) is 10.4. The van der Waals surface area contributed by atoms with Crippen LogP contribution >= 0.6 is 22.7 Å². The summed E-state index contributed by atoms with van der Waals surface area (Å²) in [5.74, 6) is 1.28. The Morgan fingerprint density at radius 2 is 2.07 bits per heavy atom. The quantitative estimate of drug-likeness (QED) is 0.502. The van der Waals surface area contributed by atoms with Gasteiger partial charge in [-0.15, -0.1) is 22.7 Å². The summed E-state index contributed by atoms with van der Waals surface area (Å²) in [5.41, 5.74) is -0.814. The van der Waals surface area contributed by atoms with Crippen LogP contribution in [0.4, 0.5) is 13.2 Å². The van der Waals surface area contributed by atoms with E-state index in [2.05, 4.69) is 43.0 Å². The lowest BCUT2D eigenvalue weighted by Crippen LogP contribution is -2.43. The van der Waals surface area contributed by atoms with Gasteiger partial charge in [-0.3, -0.25) is 9.89 Å². The van der Waals surface area contributed by atoms with Gasteiger partial charge in [0.25, 0.3) is 0 Å². The Hall–Kier alpha value is -1.65. The molecular weight excluding hydrogens is 419 g/mol. The first kappa shape index (κ1) is 22.0. The molecule has 0 radical (unpaired) electrons. The van der Waals surface area contributed by atoms with E-state index in [4.69, 9.17) is 0 Å². The summed E-state index contributed by atoms with van der Waals surface area (Å²) in [5, 5.41) is 10.2. The van der Waals surface area contributed by atoms with Crippen LogP contribution in [0.2, 0.25) is 0 Å². The number of hydrogen-bond acceptors (Lipinski definition) is 5. The van der Waals surface area contributed by atoms with Gasteiger partial charge in [-0.05, 0) is 43.3 Å². The normalized spacial score (nSPS) is 16.9. The summed E-state index contributed by atoms with van der Waals surface area (Å²) in [4.78, 5) is 11.8. The predicted molar refractivity (Wildman–Crippen MR) is 113 cm³/mol. The van der Waals surface area contributed by atoms with Gasteiger partial charge in [0.2, 0.25) is 0 Å². The summed E-state index contributed by atoms with van der Waals surface area (Å²) in [6.07, 6.45) is -1.65. The van der Waals surface area contributed by atoms with Gasteiger partial charge < -0.3 is 10.6 Å². The molecule has 1 aliphatic heterocycles. The highest BCUT2D eigenvalue weighted by molar-refractivity contribution is 7.10. The molecule has 1 aliphatic rings. The molecule has 29 heavy (non-hydrogen) atoms. The van der Waals surface area contributed by atoms with Crippen LogP contribution in [0.1, 0.15) is 28.4 Å². The molecule has 3 heterocycles. The molecular formula is C19H26F3N5S2. The molecule has 0 unspecified atom stereocenters. The Morgan fingerprint density at radius 1 is 1.28 bits per heavy atom. The fourth-order valence-corrected chi connectivity index (χ4v) is 4.83. The number of piperidine rings is 1. The lowest BCUT2D eigenvalue weighted by atomic mass is 9.97. The van der Waals surface area contributed by atoms with Gasteiger partial charge in [-0.25, -0.2) is 4.98 Å². The highest BCUT2D eigenvalue weighted by atomic mass is 32.1. The fraction of sp³-hybridized carbons (Fsp3) is 0.579. The highest BCUT2D eigenvalue weighted by Gasteiger charge is 2.33. The van der Waals surface area contributed by atoms with Crippen LogP contribution < -0.4 is 10.6 Å². The van der Waals surface area contributed by atoms with Crippen LogP contribution in [0.3, 0.4) is 0 Å². The van der Waals surface area contributed by atoms with Gasteiger partial charge >= 0.3 is 6.18 Å². The Morgan fingerprint density at radius 3 is 2.69 bits per heavy atom. The van der Waals surface area contributed by atoms with Crippen molar-refractivity contribution >= 4 is 28.6 Å². The maximum Gasteiger partial charge on any atom is 0.434 e. The Labute approximate surface area is 177 Å². The number of rotatable bonds is 7. The van der Waals surface area contributed by atoms with Crippen molar-refractivity contribution in [2.24, 2.45) is 10.9 Å². The van der Waals surface area contributed by atoms with E-state index in [1.165, 1.54) is 4.88 Å². The van der Waals surface area contributed by atoms with Crippen molar-refractivity contribution in [2.45, 2.75) is 32.0 Å². The monoisotopic (exact) mass is 445 g/mol. The molecule has 0 amide bonds. The molecule has 1 saturated heterocycles. The van der Waals surface area contributed by atoms with Crippen LogP contribution in [-0.2, 0) is 19.1 Å². The smallest absolute Gasteiger partial charge is 0.356 e. The van der Waals surface area contributed by atoms with E-state index in [1.54, 1.807) is 18.4 Å². The Balaban J connectivity index is 1.33. The van der Waals surface area contributed by atoms with Gasteiger partial charge in [-0.1, -0.05) is 6.07 Å². The summed E-state index contributed by atoms with van der Waals surface area (Å²) in [7, 11) is 1.70. The number of thiophene rings is 1. The van der Waals surface area contributed by atoms with E-state index >= 15 is 0 Å². The van der Waals surface area contributed by atoms with E-state index in [0.717, 1.165) is 55.7 Å². The van der Waals surface area contributed by atoms with Gasteiger partial charge in [-0.2, -0.15) is 13.2 Å². The number of nitrogens with one attached hydrogen (secondary N) is 2. The summed E-state index contributed by atoms with van der Waals surface area (Å²) in [6, 6.07) is 4.28. The van der Waals surface area contributed by atoms with Crippen molar-refractivity contribution in [3.63, 3.8) is 0 Å². The van der Waals surface area contributed by atoms with E-state index in [-0.39, 0.29) is 0 Å². The lowest BCUT2D eigenvalue weighted by Gasteiger charge is -2.32. The number of alkyl halides is 3. The second-order valence-electron chi connectivity index (χ2n) is 7.05. The largest absolute Gasteiger partial charge is 0.434 e. The predicted octanol–water partition coefficient (Wildman–Crippen LogP) is 3.84.